The highest BCUT2D eigenvalue weighted by Gasteiger charge is 2.15. The van der Waals surface area contributed by atoms with Crippen LogP contribution < -0.4 is 4.90 Å². The summed E-state index contributed by atoms with van der Waals surface area (Å²) in [4.78, 5) is 16.4. The molecule has 1 saturated heterocycles. The van der Waals surface area contributed by atoms with E-state index in [0.29, 0.717) is 12.2 Å². The maximum absolute atomic E-state index is 11.7. The molecule has 4 nitrogen and oxygen atoms in total. The van der Waals surface area contributed by atoms with E-state index in [1.54, 1.807) is 0 Å². The molecular weight excluding hydrogens is 264 g/mol. The van der Waals surface area contributed by atoms with Gasteiger partial charge in [-0.25, -0.2) is 4.79 Å². The van der Waals surface area contributed by atoms with Crippen LogP contribution in [0.15, 0.2) is 36.9 Å². The van der Waals surface area contributed by atoms with E-state index >= 15 is 0 Å². The van der Waals surface area contributed by atoms with E-state index in [-0.39, 0.29) is 5.97 Å². The van der Waals surface area contributed by atoms with Gasteiger partial charge in [-0.1, -0.05) is 6.08 Å². The molecule has 1 heterocycles. The highest BCUT2D eigenvalue weighted by atomic mass is 16.5. The third kappa shape index (κ3) is 4.33. The fourth-order valence-corrected chi connectivity index (χ4v) is 2.62. The number of carbonyl (C=O) groups is 1. The molecule has 0 aliphatic carbocycles. The summed E-state index contributed by atoms with van der Waals surface area (Å²) >= 11 is 0. The second-order valence-electron chi connectivity index (χ2n) is 5.20. The maximum Gasteiger partial charge on any atom is 0.338 e. The molecule has 2 rings (SSSR count). The summed E-state index contributed by atoms with van der Waals surface area (Å²) < 4.78 is 5.01. The van der Waals surface area contributed by atoms with E-state index in [1.807, 2.05) is 37.3 Å². The van der Waals surface area contributed by atoms with E-state index < -0.39 is 0 Å². The molecular formula is C17H24N2O2. The van der Waals surface area contributed by atoms with Gasteiger partial charge in [-0.2, -0.15) is 0 Å². The lowest BCUT2D eigenvalue weighted by Gasteiger charge is -2.23. The van der Waals surface area contributed by atoms with E-state index in [4.69, 9.17) is 4.74 Å². The van der Waals surface area contributed by atoms with Crippen LogP contribution in [-0.2, 0) is 4.74 Å². The van der Waals surface area contributed by atoms with Crippen molar-refractivity contribution in [3.05, 3.63) is 42.5 Å². The van der Waals surface area contributed by atoms with E-state index in [1.165, 1.54) is 5.69 Å². The first-order valence-corrected chi connectivity index (χ1v) is 7.60. The first kappa shape index (κ1) is 15.6. The van der Waals surface area contributed by atoms with Gasteiger partial charge < -0.3 is 9.64 Å². The molecule has 1 fully saturated rings. The Balaban J connectivity index is 1.98. The number of hydrogen-bond acceptors (Lipinski definition) is 4. The molecule has 0 amide bonds. The van der Waals surface area contributed by atoms with Crippen molar-refractivity contribution in [1.29, 1.82) is 0 Å². The highest BCUT2D eigenvalue weighted by molar-refractivity contribution is 5.89. The standard InChI is InChI=1S/C17H24N2O2/c1-3-10-18-11-5-12-19(14-13-18)16-8-6-15(7-9-16)17(20)21-4-2/h3,6-9H,1,4-5,10-14H2,2H3. The summed E-state index contributed by atoms with van der Waals surface area (Å²) in [5, 5.41) is 0. The molecule has 0 spiro atoms. The van der Waals surface area contributed by atoms with Gasteiger partial charge in [-0.15, -0.1) is 6.58 Å². The first-order valence-electron chi connectivity index (χ1n) is 7.60. The quantitative estimate of drug-likeness (QED) is 0.616. The number of rotatable bonds is 5. The minimum Gasteiger partial charge on any atom is -0.462 e. The number of benzene rings is 1. The smallest absolute Gasteiger partial charge is 0.338 e. The molecule has 0 radical (unpaired) electrons. The lowest BCUT2D eigenvalue weighted by molar-refractivity contribution is 0.0526. The van der Waals surface area contributed by atoms with Crippen LogP contribution in [0.1, 0.15) is 23.7 Å². The van der Waals surface area contributed by atoms with Gasteiger partial charge in [0.2, 0.25) is 0 Å². The monoisotopic (exact) mass is 288 g/mol. The van der Waals surface area contributed by atoms with E-state index in [9.17, 15) is 4.79 Å². The molecule has 1 aromatic carbocycles. The van der Waals surface area contributed by atoms with Crippen LogP contribution in [0, 0.1) is 0 Å². The first-order chi connectivity index (χ1) is 10.2. The summed E-state index contributed by atoms with van der Waals surface area (Å²) in [5.41, 5.74) is 1.78. The van der Waals surface area contributed by atoms with Crippen LogP contribution in [0.5, 0.6) is 0 Å². The normalized spacial score (nSPS) is 16.3. The molecule has 0 atom stereocenters. The molecule has 1 aliphatic rings. The highest BCUT2D eigenvalue weighted by Crippen LogP contribution is 2.18. The SMILES string of the molecule is C=CCN1CCCN(c2ccc(C(=O)OCC)cc2)CC1. The van der Waals surface area contributed by atoms with Crippen LogP contribution in [0.25, 0.3) is 0 Å². The zero-order valence-electron chi connectivity index (χ0n) is 12.8. The Morgan fingerprint density at radius 2 is 2.00 bits per heavy atom. The average molecular weight is 288 g/mol. The zero-order valence-corrected chi connectivity index (χ0v) is 12.8. The predicted octanol–water partition coefficient (Wildman–Crippen LogP) is 2.56. The van der Waals surface area contributed by atoms with Crippen molar-refractivity contribution in [2.45, 2.75) is 13.3 Å². The number of hydrogen-bond donors (Lipinski definition) is 0. The molecule has 0 aromatic heterocycles. The minimum atomic E-state index is -0.253. The topological polar surface area (TPSA) is 32.8 Å². The third-order valence-corrected chi connectivity index (χ3v) is 3.72. The van der Waals surface area contributed by atoms with Gasteiger partial charge in [-0.05, 0) is 37.6 Å². The Hall–Kier alpha value is -1.81. The molecule has 0 N–H and O–H groups in total. The van der Waals surface area contributed by atoms with Crippen molar-refractivity contribution in [2.24, 2.45) is 0 Å². The predicted molar refractivity (Wildman–Crippen MR) is 85.9 cm³/mol. The summed E-state index contributed by atoms with van der Waals surface area (Å²) in [7, 11) is 0. The third-order valence-electron chi connectivity index (χ3n) is 3.72. The van der Waals surface area contributed by atoms with Gasteiger partial charge in [0.25, 0.3) is 0 Å². The van der Waals surface area contributed by atoms with Crippen molar-refractivity contribution in [3.8, 4) is 0 Å². The van der Waals surface area contributed by atoms with E-state index in [0.717, 1.165) is 39.1 Å². The van der Waals surface area contributed by atoms with Crippen molar-refractivity contribution < 1.29 is 9.53 Å². The molecule has 0 saturated carbocycles. The molecule has 21 heavy (non-hydrogen) atoms. The second-order valence-corrected chi connectivity index (χ2v) is 5.20. The fourth-order valence-electron chi connectivity index (χ4n) is 2.62. The Bertz CT molecular complexity index is 470. The number of nitrogens with zero attached hydrogens (tertiary/aromatic N) is 2. The van der Waals surface area contributed by atoms with Crippen LogP contribution >= 0.6 is 0 Å². The number of esters is 1. The van der Waals surface area contributed by atoms with Gasteiger partial charge in [0.15, 0.2) is 0 Å². The Morgan fingerprint density at radius 1 is 1.24 bits per heavy atom. The molecule has 0 unspecified atom stereocenters. The zero-order chi connectivity index (χ0) is 15.1. The van der Waals surface area contributed by atoms with Crippen molar-refractivity contribution in [2.75, 3.05) is 44.2 Å². The summed E-state index contributed by atoms with van der Waals surface area (Å²) in [6, 6.07) is 7.71. The largest absolute Gasteiger partial charge is 0.462 e. The summed E-state index contributed by atoms with van der Waals surface area (Å²) in [5.74, 6) is -0.253. The van der Waals surface area contributed by atoms with Crippen LogP contribution in [0.4, 0.5) is 5.69 Å². The van der Waals surface area contributed by atoms with Gasteiger partial charge in [0.05, 0.1) is 12.2 Å². The Labute approximate surface area is 127 Å². The number of ether oxygens (including phenoxy) is 1. The van der Waals surface area contributed by atoms with Gasteiger partial charge in [0, 0.05) is 38.4 Å². The maximum atomic E-state index is 11.7. The molecule has 1 aliphatic heterocycles. The molecule has 1 aromatic rings. The molecule has 0 bridgehead atoms. The van der Waals surface area contributed by atoms with Crippen molar-refractivity contribution in [3.63, 3.8) is 0 Å². The Kier molecular flexibility index (Phi) is 5.81. The van der Waals surface area contributed by atoms with Crippen molar-refractivity contribution >= 4 is 11.7 Å². The second kappa shape index (κ2) is 7.84. The van der Waals surface area contributed by atoms with Crippen LogP contribution in [0.3, 0.4) is 0 Å². The number of carbonyl (C=O) groups excluding carboxylic acids is 1. The lowest BCUT2D eigenvalue weighted by atomic mass is 10.2. The fraction of sp³-hybridized carbons (Fsp3) is 0.471. The van der Waals surface area contributed by atoms with Gasteiger partial charge >= 0.3 is 5.97 Å². The lowest BCUT2D eigenvalue weighted by Crippen LogP contribution is -2.30. The van der Waals surface area contributed by atoms with Gasteiger partial charge in [0.1, 0.15) is 0 Å². The average Bonchev–Trinajstić information content (AvgIpc) is 2.74. The van der Waals surface area contributed by atoms with E-state index in [2.05, 4.69) is 16.4 Å². The van der Waals surface area contributed by atoms with Crippen LogP contribution in [-0.4, -0.2) is 50.2 Å². The molecule has 4 heteroatoms. The summed E-state index contributed by atoms with van der Waals surface area (Å²) in [6.45, 7) is 11.2. The van der Waals surface area contributed by atoms with Gasteiger partial charge in [-0.3, -0.25) is 4.90 Å². The summed E-state index contributed by atoms with van der Waals surface area (Å²) in [6.07, 6.45) is 3.11. The Morgan fingerprint density at radius 3 is 2.67 bits per heavy atom. The van der Waals surface area contributed by atoms with Crippen LogP contribution in [0.2, 0.25) is 0 Å². The number of anilines is 1. The van der Waals surface area contributed by atoms with Crippen molar-refractivity contribution in [1.82, 2.24) is 4.90 Å². The minimum absolute atomic E-state index is 0.253. The molecule has 114 valence electrons.